The lowest BCUT2D eigenvalue weighted by atomic mass is 10.1. The topological polar surface area (TPSA) is 87.4 Å². The van der Waals surface area contributed by atoms with Gasteiger partial charge in [0.15, 0.2) is 0 Å². The molecule has 1 unspecified atom stereocenters. The molecule has 0 radical (unpaired) electrons. The lowest BCUT2D eigenvalue weighted by Crippen LogP contribution is -2.42. The van der Waals surface area contributed by atoms with E-state index in [2.05, 4.69) is 15.8 Å². The lowest BCUT2D eigenvalue weighted by Gasteiger charge is -2.17. The van der Waals surface area contributed by atoms with Crippen LogP contribution < -0.4 is 10.6 Å². The Morgan fingerprint density at radius 3 is 2.56 bits per heavy atom. The van der Waals surface area contributed by atoms with E-state index in [4.69, 9.17) is 9.63 Å². The highest BCUT2D eigenvalue weighted by Crippen LogP contribution is 2.20. The van der Waals surface area contributed by atoms with Gasteiger partial charge in [-0.2, -0.15) is 0 Å². The summed E-state index contributed by atoms with van der Waals surface area (Å²) in [6.45, 7) is 7.44. The van der Waals surface area contributed by atoms with Crippen molar-refractivity contribution in [3.8, 4) is 0 Å². The fourth-order valence-electron chi connectivity index (χ4n) is 1.91. The van der Waals surface area contributed by atoms with E-state index in [1.807, 2.05) is 27.7 Å². The van der Waals surface area contributed by atoms with Crippen LogP contribution in [0, 0.1) is 13.8 Å². The molecule has 0 saturated heterocycles. The van der Waals surface area contributed by atoms with Gasteiger partial charge in [0.05, 0.1) is 11.7 Å². The number of carbonyl (C=O) groups excluding carboxylic acids is 1. The minimum Gasteiger partial charge on any atom is -0.396 e. The quantitative estimate of drug-likeness (QED) is 0.742. The Bertz CT molecular complexity index is 384. The molecule has 0 saturated carbocycles. The molecule has 3 N–H and O–H groups in total. The summed E-state index contributed by atoms with van der Waals surface area (Å²) in [5, 5.41) is 18.2. The molecule has 1 heterocycles. The van der Waals surface area contributed by atoms with Crippen LogP contribution in [-0.2, 0) is 0 Å². The molecule has 18 heavy (non-hydrogen) atoms. The van der Waals surface area contributed by atoms with Crippen LogP contribution in [0.5, 0.6) is 0 Å². The van der Waals surface area contributed by atoms with Crippen molar-refractivity contribution in [1.29, 1.82) is 0 Å². The zero-order valence-corrected chi connectivity index (χ0v) is 11.3. The highest BCUT2D eigenvalue weighted by Gasteiger charge is 2.18. The molecule has 1 aromatic rings. The minimum atomic E-state index is -0.261. The van der Waals surface area contributed by atoms with Crippen LogP contribution >= 0.6 is 0 Å². The van der Waals surface area contributed by atoms with Crippen molar-refractivity contribution in [1.82, 2.24) is 15.8 Å². The van der Waals surface area contributed by atoms with Gasteiger partial charge in [-0.25, -0.2) is 4.79 Å². The van der Waals surface area contributed by atoms with Crippen LogP contribution in [0.4, 0.5) is 4.79 Å². The summed E-state index contributed by atoms with van der Waals surface area (Å²) in [4.78, 5) is 11.7. The standard InChI is InChI=1S/C12H21N3O3/c1-7(5-6-16)13-12(17)14-8(2)11-9(3)15-18-10(11)4/h7-8,16H,5-6H2,1-4H3,(H2,13,14,17)/t7-,8?/m1/s1. The molecule has 1 rings (SSSR count). The highest BCUT2D eigenvalue weighted by molar-refractivity contribution is 5.74. The summed E-state index contributed by atoms with van der Waals surface area (Å²) < 4.78 is 5.06. The van der Waals surface area contributed by atoms with Gasteiger partial charge < -0.3 is 20.3 Å². The molecule has 6 heteroatoms. The fourth-order valence-corrected chi connectivity index (χ4v) is 1.91. The number of rotatable bonds is 5. The van der Waals surface area contributed by atoms with Gasteiger partial charge in [0.2, 0.25) is 0 Å². The first-order valence-electron chi connectivity index (χ1n) is 6.06. The maximum absolute atomic E-state index is 11.7. The Kier molecular flexibility index (Phi) is 5.15. The maximum Gasteiger partial charge on any atom is 0.315 e. The Morgan fingerprint density at radius 1 is 1.39 bits per heavy atom. The summed E-state index contributed by atoms with van der Waals surface area (Å²) in [7, 11) is 0. The smallest absolute Gasteiger partial charge is 0.315 e. The third kappa shape index (κ3) is 3.73. The van der Waals surface area contributed by atoms with E-state index in [9.17, 15) is 4.79 Å². The van der Waals surface area contributed by atoms with Gasteiger partial charge in [0.1, 0.15) is 5.76 Å². The third-order valence-electron chi connectivity index (χ3n) is 2.81. The van der Waals surface area contributed by atoms with Crippen LogP contribution in [0.3, 0.4) is 0 Å². The molecule has 1 aromatic heterocycles. The summed E-state index contributed by atoms with van der Waals surface area (Å²) in [6.07, 6.45) is 0.535. The second kappa shape index (κ2) is 6.39. The Hall–Kier alpha value is -1.56. The first-order valence-corrected chi connectivity index (χ1v) is 6.06. The third-order valence-corrected chi connectivity index (χ3v) is 2.81. The van der Waals surface area contributed by atoms with Crippen LogP contribution in [0.1, 0.15) is 43.3 Å². The van der Waals surface area contributed by atoms with Gasteiger partial charge in [-0.3, -0.25) is 0 Å². The number of urea groups is 1. The molecule has 102 valence electrons. The number of hydrogen-bond acceptors (Lipinski definition) is 4. The summed E-state index contributed by atoms with van der Waals surface area (Å²) in [5.74, 6) is 0.712. The van der Waals surface area contributed by atoms with Crippen LogP contribution in [0.25, 0.3) is 0 Å². The second-order valence-electron chi connectivity index (χ2n) is 4.49. The molecule has 0 aliphatic heterocycles. The van der Waals surface area contributed by atoms with E-state index in [-0.39, 0.29) is 24.7 Å². The number of aliphatic hydroxyl groups excluding tert-OH is 1. The highest BCUT2D eigenvalue weighted by atomic mass is 16.5. The average Bonchev–Trinajstić information content (AvgIpc) is 2.58. The Balaban J connectivity index is 2.55. The van der Waals surface area contributed by atoms with Gasteiger partial charge in [0, 0.05) is 18.2 Å². The summed E-state index contributed by atoms with van der Waals surface area (Å²) >= 11 is 0. The van der Waals surface area contributed by atoms with Crippen molar-refractivity contribution in [3.63, 3.8) is 0 Å². The van der Waals surface area contributed by atoms with Gasteiger partial charge in [-0.15, -0.1) is 0 Å². The van der Waals surface area contributed by atoms with Crippen LogP contribution in [0.2, 0.25) is 0 Å². The molecule has 0 spiro atoms. The summed E-state index contributed by atoms with van der Waals surface area (Å²) in [6, 6.07) is -0.493. The molecular formula is C12H21N3O3. The van der Waals surface area contributed by atoms with Gasteiger partial charge in [0.25, 0.3) is 0 Å². The zero-order valence-electron chi connectivity index (χ0n) is 11.3. The molecule has 0 aliphatic rings. The molecule has 0 aromatic carbocycles. The van der Waals surface area contributed by atoms with E-state index < -0.39 is 0 Å². The molecule has 0 fully saturated rings. The fraction of sp³-hybridized carbons (Fsp3) is 0.667. The number of nitrogens with one attached hydrogen (secondary N) is 2. The number of amides is 2. The molecule has 6 nitrogen and oxygen atoms in total. The molecule has 2 atom stereocenters. The molecule has 2 amide bonds. The minimum absolute atomic E-state index is 0.0564. The first kappa shape index (κ1) is 14.5. The van der Waals surface area contributed by atoms with Crippen molar-refractivity contribution < 1.29 is 14.4 Å². The largest absolute Gasteiger partial charge is 0.396 e. The van der Waals surface area contributed by atoms with E-state index in [0.717, 1.165) is 11.3 Å². The summed E-state index contributed by atoms with van der Waals surface area (Å²) in [5.41, 5.74) is 1.68. The maximum atomic E-state index is 11.7. The number of aromatic nitrogens is 1. The second-order valence-corrected chi connectivity index (χ2v) is 4.49. The molecular weight excluding hydrogens is 234 g/mol. The van der Waals surface area contributed by atoms with E-state index in [1.54, 1.807) is 0 Å². The van der Waals surface area contributed by atoms with E-state index in [1.165, 1.54) is 0 Å². The van der Waals surface area contributed by atoms with Crippen molar-refractivity contribution in [2.24, 2.45) is 0 Å². The molecule has 0 bridgehead atoms. The zero-order chi connectivity index (χ0) is 13.7. The number of hydrogen-bond donors (Lipinski definition) is 3. The van der Waals surface area contributed by atoms with E-state index in [0.29, 0.717) is 12.2 Å². The van der Waals surface area contributed by atoms with Gasteiger partial charge >= 0.3 is 6.03 Å². The predicted molar refractivity (Wildman–Crippen MR) is 67.2 cm³/mol. The van der Waals surface area contributed by atoms with Gasteiger partial charge in [-0.1, -0.05) is 5.16 Å². The number of carbonyl (C=O) groups is 1. The number of aryl methyl sites for hydroxylation is 2. The molecule has 0 aliphatic carbocycles. The van der Waals surface area contributed by atoms with E-state index >= 15 is 0 Å². The van der Waals surface area contributed by atoms with Crippen LogP contribution in [0.15, 0.2) is 4.52 Å². The SMILES string of the molecule is Cc1noc(C)c1C(C)NC(=O)N[C@H](C)CCO. The average molecular weight is 255 g/mol. The van der Waals surface area contributed by atoms with Crippen molar-refractivity contribution in [2.75, 3.05) is 6.61 Å². The Labute approximate surface area is 107 Å². The first-order chi connectivity index (χ1) is 8.45. The number of aliphatic hydroxyl groups is 1. The lowest BCUT2D eigenvalue weighted by molar-refractivity contribution is 0.228. The van der Waals surface area contributed by atoms with Gasteiger partial charge in [-0.05, 0) is 34.1 Å². The predicted octanol–water partition coefficient (Wildman–Crippen LogP) is 1.42. The van der Waals surface area contributed by atoms with Crippen molar-refractivity contribution in [2.45, 2.75) is 46.2 Å². The van der Waals surface area contributed by atoms with Crippen molar-refractivity contribution >= 4 is 6.03 Å². The monoisotopic (exact) mass is 255 g/mol. The van der Waals surface area contributed by atoms with Crippen LogP contribution in [-0.4, -0.2) is 28.9 Å². The normalized spacial score (nSPS) is 14.1. The Morgan fingerprint density at radius 2 is 2.06 bits per heavy atom. The van der Waals surface area contributed by atoms with Crippen molar-refractivity contribution in [3.05, 3.63) is 17.0 Å². The number of nitrogens with zero attached hydrogens (tertiary/aromatic N) is 1.